The van der Waals surface area contributed by atoms with Crippen molar-refractivity contribution in [2.24, 2.45) is 5.92 Å². The van der Waals surface area contributed by atoms with Crippen LogP contribution in [0, 0.1) is 5.92 Å². The summed E-state index contributed by atoms with van der Waals surface area (Å²) in [6, 6.07) is 6.47. The lowest BCUT2D eigenvalue weighted by Gasteiger charge is -2.22. The minimum absolute atomic E-state index is 0.114. The van der Waals surface area contributed by atoms with Crippen LogP contribution in [0.3, 0.4) is 0 Å². The summed E-state index contributed by atoms with van der Waals surface area (Å²) in [5, 5.41) is 15.0. The van der Waals surface area contributed by atoms with E-state index >= 15 is 0 Å². The minimum atomic E-state index is -1.03. The van der Waals surface area contributed by atoms with Gasteiger partial charge in [-0.25, -0.2) is 4.79 Å². The molecule has 1 aromatic rings. The zero-order chi connectivity index (χ0) is 14.4. The van der Waals surface area contributed by atoms with Crippen molar-refractivity contribution < 1.29 is 14.7 Å². The summed E-state index contributed by atoms with van der Waals surface area (Å²) in [6.45, 7) is 2.04. The van der Waals surface area contributed by atoms with E-state index < -0.39 is 5.97 Å². The SMILES string of the molecule is O=C(CCC1CCNCC1)Nc1ccccc1C(=O)O. The van der Waals surface area contributed by atoms with Gasteiger partial charge in [0, 0.05) is 6.42 Å². The fourth-order valence-electron chi connectivity index (χ4n) is 2.50. The second-order valence-corrected chi connectivity index (χ2v) is 5.13. The van der Waals surface area contributed by atoms with E-state index in [4.69, 9.17) is 5.11 Å². The molecule has 108 valence electrons. The second kappa shape index (κ2) is 7.05. The molecule has 0 bridgehead atoms. The summed E-state index contributed by atoms with van der Waals surface area (Å²) in [4.78, 5) is 23.0. The van der Waals surface area contributed by atoms with Crippen molar-refractivity contribution in [2.75, 3.05) is 18.4 Å². The number of aromatic carboxylic acids is 1. The van der Waals surface area contributed by atoms with Gasteiger partial charge in [0.15, 0.2) is 0 Å². The predicted molar refractivity (Wildman–Crippen MR) is 76.9 cm³/mol. The third-order valence-electron chi connectivity index (χ3n) is 3.67. The zero-order valence-electron chi connectivity index (χ0n) is 11.4. The average Bonchev–Trinajstić information content (AvgIpc) is 2.46. The normalized spacial score (nSPS) is 15.8. The second-order valence-electron chi connectivity index (χ2n) is 5.13. The molecule has 1 aliphatic rings. The van der Waals surface area contributed by atoms with Crippen molar-refractivity contribution in [1.82, 2.24) is 5.32 Å². The highest BCUT2D eigenvalue weighted by Crippen LogP contribution is 2.19. The van der Waals surface area contributed by atoms with Crippen LogP contribution in [-0.2, 0) is 4.79 Å². The summed E-state index contributed by atoms with van der Waals surface area (Å²) in [6.07, 6.45) is 3.53. The highest BCUT2D eigenvalue weighted by Gasteiger charge is 2.16. The monoisotopic (exact) mass is 276 g/mol. The van der Waals surface area contributed by atoms with Gasteiger partial charge >= 0.3 is 5.97 Å². The van der Waals surface area contributed by atoms with Crippen LogP contribution in [0.15, 0.2) is 24.3 Å². The molecule has 1 aromatic carbocycles. The number of amides is 1. The van der Waals surface area contributed by atoms with Gasteiger partial charge in [0.2, 0.25) is 5.91 Å². The van der Waals surface area contributed by atoms with Crippen molar-refractivity contribution in [2.45, 2.75) is 25.7 Å². The van der Waals surface area contributed by atoms with E-state index in [1.165, 1.54) is 6.07 Å². The number of carbonyl (C=O) groups excluding carboxylic acids is 1. The van der Waals surface area contributed by atoms with Crippen molar-refractivity contribution in [3.8, 4) is 0 Å². The molecule has 5 heteroatoms. The highest BCUT2D eigenvalue weighted by molar-refractivity contribution is 6.00. The molecule has 0 saturated carbocycles. The summed E-state index contributed by atoms with van der Waals surface area (Å²) in [5.74, 6) is -0.548. The first-order chi connectivity index (χ1) is 9.66. The van der Waals surface area contributed by atoms with E-state index in [-0.39, 0.29) is 11.5 Å². The fraction of sp³-hybridized carbons (Fsp3) is 0.467. The van der Waals surface area contributed by atoms with Gasteiger partial charge in [0.1, 0.15) is 0 Å². The molecule has 0 atom stereocenters. The van der Waals surface area contributed by atoms with Crippen molar-refractivity contribution >= 4 is 17.6 Å². The summed E-state index contributed by atoms with van der Waals surface area (Å²) in [7, 11) is 0. The highest BCUT2D eigenvalue weighted by atomic mass is 16.4. The lowest BCUT2D eigenvalue weighted by molar-refractivity contribution is -0.116. The molecule has 1 fully saturated rings. The van der Waals surface area contributed by atoms with Crippen LogP contribution >= 0.6 is 0 Å². The van der Waals surface area contributed by atoms with Gasteiger partial charge in [0.25, 0.3) is 0 Å². The number of carboxylic acid groups (broad SMARTS) is 1. The Balaban J connectivity index is 1.86. The summed E-state index contributed by atoms with van der Waals surface area (Å²) >= 11 is 0. The van der Waals surface area contributed by atoms with Gasteiger partial charge in [-0.05, 0) is 50.4 Å². The van der Waals surface area contributed by atoms with Crippen molar-refractivity contribution in [3.05, 3.63) is 29.8 Å². The number of hydrogen-bond acceptors (Lipinski definition) is 3. The molecular weight excluding hydrogens is 256 g/mol. The minimum Gasteiger partial charge on any atom is -0.478 e. The number of rotatable bonds is 5. The molecule has 0 spiro atoms. The third kappa shape index (κ3) is 4.06. The van der Waals surface area contributed by atoms with Gasteiger partial charge in [0.05, 0.1) is 11.3 Å². The van der Waals surface area contributed by atoms with E-state index in [1.54, 1.807) is 18.2 Å². The lowest BCUT2D eigenvalue weighted by atomic mass is 9.93. The number of anilines is 1. The largest absolute Gasteiger partial charge is 0.478 e. The van der Waals surface area contributed by atoms with E-state index in [0.29, 0.717) is 18.0 Å². The first kappa shape index (κ1) is 14.5. The molecule has 20 heavy (non-hydrogen) atoms. The van der Waals surface area contributed by atoms with E-state index in [0.717, 1.165) is 32.4 Å². The maximum absolute atomic E-state index is 11.9. The Morgan fingerprint density at radius 1 is 1.25 bits per heavy atom. The Kier molecular flexibility index (Phi) is 5.12. The van der Waals surface area contributed by atoms with Gasteiger partial charge in [-0.1, -0.05) is 12.1 Å². The van der Waals surface area contributed by atoms with Crippen LogP contribution in [0.1, 0.15) is 36.0 Å². The third-order valence-corrected chi connectivity index (χ3v) is 3.67. The molecule has 2 rings (SSSR count). The number of carboxylic acids is 1. The molecule has 5 nitrogen and oxygen atoms in total. The molecule has 0 unspecified atom stereocenters. The number of piperidine rings is 1. The lowest BCUT2D eigenvalue weighted by Crippen LogP contribution is -2.28. The van der Waals surface area contributed by atoms with Crippen LogP contribution < -0.4 is 10.6 Å². The average molecular weight is 276 g/mol. The predicted octanol–water partition coefficient (Wildman–Crippen LogP) is 2.10. The van der Waals surface area contributed by atoms with E-state index in [2.05, 4.69) is 10.6 Å². The van der Waals surface area contributed by atoms with Gasteiger partial charge < -0.3 is 15.7 Å². The Hall–Kier alpha value is -1.88. The van der Waals surface area contributed by atoms with Crippen LogP contribution in [0.4, 0.5) is 5.69 Å². The molecule has 0 aromatic heterocycles. The van der Waals surface area contributed by atoms with Crippen LogP contribution in [0.2, 0.25) is 0 Å². The molecule has 1 aliphatic heterocycles. The Morgan fingerprint density at radius 2 is 1.95 bits per heavy atom. The van der Waals surface area contributed by atoms with Gasteiger partial charge in [-0.15, -0.1) is 0 Å². The van der Waals surface area contributed by atoms with Gasteiger partial charge in [-0.2, -0.15) is 0 Å². The molecular formula is C15H20N2O3. The van der Waals surface area contributed by atoms with Crippen LogP contribution in [0.25, 0.3) is 0 Å². The fourth-order valence-corrected chi connectivity index (χ4v) is 2.50. The number of hydrogen-bond donors (Lipinski definition) is 3. The Bertz CT molecular complexity index is 482. The summed E-state index contributed by atoms with van der Waals surface area (Å²) in [5.41, 5.74) is 0.498. The molecule has 0 radical (unpaired) electrons. The van der Waals surface area contributed by atoms with Crippen LogP contribution in [0.5, 0.6) is 0 Å². The standard InChI is InChI=1S/C15H20N2O3/c18-14(6-5-11-7-9-16-10-8-11)17-13-4-2-1-3-12(13)15(19)20/h1-4,11,16H,5-10H2,(H,17,18)(H,19,20). The smallest absolute Gasteiger partial charge is 0.337 e. The van der Waals surface area contributed by atoms with Crippen molar-refractivity contribution in [3.63, 3.8) is 0 Å². The molecule has 0 aliphatic carbocycles. The topological polar surface area (TPSA) is 78.4 Å². The number of benzene rings is 1. The van der Waals surface area contributed by atoms with E-state index in [9.17, 15) is 9.59 Å². The Morgan fingerprint density at radius 3 is 2.65 bits per heavy atom. The number of para-hydroxylation sites is 1. The number of nitrogens with one attached hydrogen (secondary N) is 2. The molecule has 1 saturated heterocycles. The first-order valence-corrected chi connectivity index (χ1v) is 6.99. The van der Waals surface area contributed by atoms with Crippen molar-refractivity contribution in [1.29, 1.82) is 0 Å². The van der Waals surface area contributed by atoms with E-state index in [1.807, 2.05) is 0 Å². The molecule has 3 N–H and O–H groups in total. The summed E-state index contributed by atoms with van der Waals surface area (Å²) < 4.78 is 0. The molecule has 1 amide bonds. The van der Waals surface area contributed by atoms with Gasteiger partial charge in [-0.3, -0.25) is 4.79 Å². The quantitative estimate of drug-likeness (QED) is 0.769. The first-order valence-electron chi connectivity index (χ1n) is 6.99. The van der Waals surface area contributed by atoms with Crippen LogP contribution in [-0.4, -0.2) is 30.1 Å². The maximum atomic E-state index is 11.9. The molecule has 1 heterocycles. The zero-order valence-corrected chi connectivity index (χ0v) is 11.4. The maximum Gasteiger partial charge on any atom is 0.337 e. The number of carbonyl (C=O) groups is 2. The Labute approximate surface area is 118 Å².